The topological polar surface area (TPSA) is 95.9 Å². The molecule has 0 rings (SSSR count). The minimum Gasteiger partial charge on any atom is -0.465 e. The van der Waals surface area contributed by atoms with E-state index in [0.717, 1.165) is 6.08 Å². The number of amides is 2. The molecule has 3 N–H and O–H groups in total. The van der Waals surface area contributed by atoms with Crippen LogP contribution in [0.25, 0.3) is 0 Å². The van der Waals surface area contributed by atoms with E-state index in [1.165, 1.54) is 5.32 Å². The van der Waals surface area contributed by atoms with Gasteiger partial charge < -0.3 is 14.9 Å². The van der Waals surface area contributed by atoms with Crippen molar-refractivity contribution in [2.75, 3.05) is 0 Å². The number of carboxylic acid groups (broad SMARTS) is 1. The number of hydrogen-bond acceptors (Lipinski definition) is 4. The summed E-state index contributed by atoms with van der Waals surface area (Å²) in [6, 6.07) is 0. The van der Waals surface area contributed by atoms with Crippen LogP contribution in [0.15, 0.2) is 12.7 Å². The van der Waals surface area contributed by atoms with E-state index >= 15 is 0 Å². The number of rotatable bonds is 2. The lowest BCUT2D eigenvalue weighted by Crippen LogP contribution is -2.31. The lowest BCUT2D eigenvalue weighted by molar-refractivity contribution is -0.0147. The number of carbonyl (C=O) groups is 2. The molecule has 62 valence electrons. The molecule has 1 atom stereocenters. The molecule has 0 fully saturated rings. The van der Waals surface area contributed by atoms with Crippen molar-refractivity contribution in [2.24, 2.45) is 0 Å². The first-order valence-corrected chi connectivity index (χ1v) is 2.57. The van der Waals surface area contributed by atoms with Gasteiger partial charge in [0.05, 0.1) is 0 Å². The highest BCUT2D eigenvalue weighted by molar-refractivity contribution is 5.86. The van der Waals surface area contributed by atoms with Crippen molar-refractivity contribution in [1.29, 1.82) is 0 Å². The second-order valence-electron chi connectivity index (χ2n) is 1.46. The van der Waals surface area contributed by atoms with Crippen molar-refractivity contribution >= 4 is 12.2 Å². The highest BCUT2D eigenvalue weighted by Crippen LogP contribution is 1.87. The predicted octanol–water partition coefficient (Wildman–Crippen LogP) is -0.105. The molecule has 0 saturated carbocycles. The normalized spacial score (nSPS) is 11.4. The summed E-state index contributed by atoms with van der Waals surface area (Å²) in [6.07, 6.45) is -3.35. The van der Waals surface area contributed by atoms with E-state index < -0.39 is 18.5 Å². The number of alkyl carbamates (subject to hydrolysis) is 1. The van der Waals surface area contributed by atoms with E-state index in [-0.39, 0.29) is 0 Å². The molecule has 6 nitrogen and oxygen atoms in total. The number of nitrogens with one attached hydrogen (secondary N) is 1. The first kappa shape index (κ1) is 9.44. The van der Waals surface area contributed by atoms with Gasteiger partial charge in [-0.15, -0.1) is 0 Å². The molecular weight excluding hydrogens is 154 g/mol. The number of imide groups is 1. The summed E-state index contributed by atoms with van der Waals surface area (Å²) < 4.78 is 4.02. The Labute approximate surface area is 62.1 Å². The lowest BCUT2D eigenvalue weighted by atomic mass is 10.6. The average molecular weight is 161 g/mol. The summed E-state index contributed by atoms with van der Waals surface area (Å²) in [7, 11) is 0. The smallest absolute Gasteiger partial charge is 0.419 e. The van der Waals surface area contributed by atoms with Gasteiger partial charge in [-0.25, -0.2) is 14.9 Å². The van der Waals surface area contributed by atoms with Crippen LogP contribution in [0.1, 0.15) is 0 Å². The van der Waals surface area contributed by atoms with Gasteiger partial charge in [-0.05, 0) is 6.08 Å². The van der Waals surface area contributed by atoms with Crippen LogP contribution in [0.5, 0.6) is 0 Å². The molecule has 2 amide bonds. The van der Waals surface area contributed by atoms with Gasteiger partial charge >= 0.3 is 12.2 Å². The van der Waals surface area contributed by atoms with Crippen LogP contribution in [0.4, 0.5) is 9.59 Å². The average Bonchev–Trinajstić information content (AvgIpc) is 1.85. The highest BCUT2D eigenvalue weighted by Gasteiger charge is 2.09. The van der Waals surface area contributed by atoms with Gasteiger partial charge in [0.25, 0.3) is 0 Å². The number of aliphatic hydroxyl groups is 1. The Morgan fingerprint density at radius 3 is 2.55 bits per heavy atom. The third-order valence-corrected chi connectivity index (χ3v) is 0.638. The summed E-state index contributed by atoms with van der Waals surface area (Å²) in [4.78, 5) is 20.1. The molecule has 0 bridgehead atoms. The maximum atomic E-state index is 10.3. The Morgan fingerprint density at radius 1 is 1.64 bits per heavy atom. The van der Waals surface area contributed by atoms with E-state index in [9.17, 15) is 9.59 Å². The SMILES string of the molecule is C=CC(O)OC(=O)NC(=O)O. The summed E-state index contributed by atoms with van der Waals surface area (Å²) in [5.41, 5.74) is 0. The molecule has 0 aromatic carbocycles. The van der Waals surface area contributed by atoms with Crippen molar-refractivity contribution in [3.05, 3.63) is 12.7 Å². The molecule has 6 heteroatoms. The van der Waals surface area contributed by atoms with Crippen molar-refractivity contribution < 1.29 is 24.5 Å². The number of ether oxygens (including phenoxy) is 1. The maximum Gasteiger partial charge on any atom is 0.419 e. The van der Waals surface area contributed by atoms with Crippen molar-refractivity contribution in [1.82, 2.24) is 5.32 Å². The number of carbonyl (C=O) groups excluding carboxylic acids is 1. The molecule has 0 spiro atoms. The minimum atomic E-state index is -1.55. The second kappa shape index (κ2) is 4.29. The van der Waals surface area contributed by atoms with Gasteiger partial charge in [-0.3, -0.25) is 0 Å². The zero-order valence-corrected chi connectivity index (χ0v) is 5.48. The Kier molecular flexibility index (Phi) is 3.68. The zero-order chi connectivity index (χ0) is 8.85. The summed E-state index contributed by atoms with van der Waals surface area (Å²) >= 11 is 0. The van der Waals surface area contributed by atoms with Gasteiger partial charge in [0, 0.05) is 0 Å². The van der Waals surface area contributed by atoms with Crippen LogP contribution >= 0.6 is 0 Å². The van der Waals surface area contributed by atoms with Gasteiger partial charge in [0.15, 0.2) is 0 Å². The minimum absolute atomic E-state index is 0.932. The summed E-state index contributed by atoms with van der Waals surface area (Å²) in [5.74, 6) is 0. The van der Waals surface area contributed by atoms with Crippen LogP contribution in [-0.2, 0) is 4.74 Å². The van der Waals surface area contributed by atoms with Crippen LogP contribution in [-0.4, -0.2) is 28.7 Å². The number of hydrogen-bond donors (Lipinski definition) is 3. The fourth-order valence-corrected chi connectivity index (χ4v) is 0.275. The van der Waals surface area contributed by atoms with Crippen LogP contribution in [0, 0.1) is 0 Å². The fourth-order valence-electron chi connectivity index (χ4n) is 0.275. The maximum absolute atomic E-state index is 10.3. The Balaban J connectivity index is 3.69. The quantitative estimate of drug-likeness (QED) is 0.388. The van der Waals surface area contributed by atoms with Crippen LogP contribution in [0.3, 0.4) is 0 Å². The van der Waals surface area contributed by atoms with Crippen LogP contribution in [0.2, 0.25) is 0 Å². The van der Waals surface area contributed by atoms with E-state index in [1.54, 1.807) is 0 Å². The zero-order valence-electron chi connectivity index (χ0n) is 5.48. The first-order valence-electron chi connectivity index (χ1n) is 2.57. The monoisotopic (exact) mass is 161 g/mol. The predicted molar refractivity (Wildman–Crippen MR) is 33.8 cm³/mol. The lowest BCUT2D eigenvalue weighted by Gasteiger charge is -2.05. The molecule has 0 radical (unpaired) electrons. The van der Waals surface area contributed by atoms with Gasteiger partial charge in [-0.1, -0.05) is 6.58 Å². The van der Waals surface area contributed by atoms with Crippen molar-refractivity contribution in [3.63, 3.8) is 0 Å². The van der Waals surface area contributed by atoms with Gasteiger partial charge in [-0.2, -0.15) is 0 Å². The Hall–Kier alpha value is -1.56. The van der Waals surface area contributed by atoms with E-state index in [4.69, 9.17) is 10.2 Å². The Morgan fingerprint density at radius 2 is 2.18 bits per heavy atom. The Bertz CT molecular complexity index is 178. The molecule has 0 aliphatic carbocycles. The van der Waals surface area contributed by atoms with Crippen molar-refractivity contribution in [2.45, 2.75) is 6.29 Å². The van der Waals surface area contributed by atoms with Crippen molar-refractivity contribution in [3.8, 4) is 0 Å². The standard InChI is InChI=1S/C5H7NO5/c1-2-3(7)11-5(10)6-4(8)9/h2-3,7H,1H2,(H,6,10)(H,8,9). The highest BCUT2D eigenvalue weighted by atomic mass is 16.6. The largest absolute Gasteiger partial charge is 0.465 e. The molecule has 0 aliphatic heterocycles. The third kappa shape index (κ3) is 4.91. The molecule has 0 aromatic rings. The molecule has 0 aliphatic rings. The molecule has 0 heterocycles. The third-order valence-electron chi connectivity index (χ3n) is 0.638. The van der Waals surface area contributed by atoms with Gasteiger partial charge in [0.2, 0.25) is 6.29 Å². The van der Waals surface area contributed by atoms with E-state index in [0.29, 0.717) is 0 Å². The molecule has 0 saturated heterocycles. The number of aliphatic hydroxyl groups excluding tert-OH is 1. The van der Waals surface area contributed by atoms with Gasteiger partial charge in [0.1, 0.15) is 0 Å². The molecule has 11 heavy (non-hydrogen) atoms. The van der Waals surface area contributed by atoms with E-state index in [1.807, 2.05) is 0 Å². The molecular formula is C5H7NO5. The van der Waals surface area contributed by atoms with E-state index in [2.05, 4.69) is 11.3 Å². The summed E-state index contributed by atoms with van der Waals surface area (Å²) in [6.45, 7) is 3.09. The van der Waals surface area contributed by atoms with Crippen LogP contribution < -0.4 is 5.32 Å². The molecule has 1 unspecified atom stereocenters. The first-order chi connectivity index (χ1) is 5.06. The molecule has 0 aromatic heterocycles. The summed E-state index contributed by atoms with van der Waals surface area (Å²) in [5, 5.41) is 17.9. The second-order valence-corrected chi connectivity index (χ2v) is 1.46. The fraction of sp³-hybridized carbons (Fsp3) is 0.200.